The first-order chi connectivity index (χ1) is 14.6. The number of benzene rings is 2. The molecule has 0 aliphatic carbocycles. The number of carbonyl (C=O) groups is 1. The Bertz CT molecular complexity index is 970. The highest BCUT2D eigenvalue weighted by Crippen LogP contribution is 2.20. The fraction of sp³-hybridized carbons (Fsp3) is 0.348. The molecule has 7 nitrogen and oxygen atoms in total. The highest BCUT2D eigenvalue weighted by molar-refractivity contribution is 5.74. The first kappa shape index (κ1) is 20.1. The molecule has 1 aromatic heterocycles. The molecule has 2 aromatic carbocycles. The van der Waals surface area contributed by atoms with Gasteiger partial charge in [0.25, 0.3) is 0 Å². The van der Waals surface area contributed by atoms with E-state index in [9.17, 15) is 4.79 Å². The molecule has 2 heterocycles. The lowest BCUT2D eigenvalue weighted by atomic mass is 10.00. The number of aromatic nitrogens is 3. The van der Waals surface area contributed by atoms with Gasteiger partial charge in [-0.05, 0) is 42.2 Å². The minimum Gasteiger partial charge on any atom is -0.337 e. The van der Waals surface area contributed by atoms with E-state index in [1.165, 1.54) is 17.5 Å². The summed E-state index contributed by atoms with van der Waals surface area (Å²) in [5.41, 5.74) is 4.86. The van der Waals surface area contributed by atoms with E-state index in [4.69, 9.17) is 0 Å². The summed E-state index contributed by atoms with van der Waals surface area (Å²) in [6.45, 7) is 5.53. The molecule has 0 saturated heterocycles. The molecule has 1 N–H and O–H groups in total. The van der Waals surface area contributed by atoms with Crippen molar-refractivity contribution >= 4 is 6.03 Å². The van der Waals surface area contributed by atoms with Crippen molar-refractivity contribution in [3.63, 3.8) is 0 Å². The fourth-order valence-electron chi connectivity index (χ4n) is 3.84. The van der Waals surface area contributed by atoms with Crippen molar-refractivity contribution in [2.45, 2.75) is 25.9 Å². The van der Waals surface area contributed by atoms with Crippen LogP contribution in [0.1, 0.15) is 29.7 Å². The molecule has 30 heavy (non-hydrogen) atoms. The van der Waals surface area contributed by atoms with Crippen molar-refractivity contribution in [2.24, 2.45) is 0 Å². The summed E-state index contributed by atoms with van der Waals surface area (Å²) in [6, 6.07) is 16.5. The van der Waals surface area contributed by atoms with E-state index in [0.717, 1.165) is 37.3 Å². The number of nitrogens with one attached hydrogen (secondary N) is 1. The van der Waals surface area contributed by atoms with Gasteiger partial charge in [-0.3, -0.25) is 4.90 Å². The number of amides is 2. The van der Waals surface area contributed by atoms with Gasteiger partial charge < -0.3 is 10.2 Å². The maximum absolute atomic E-state index is 12.6. The summed E-state index contributed by atoms with van der Waals surface area (Å²) in [4.78, 5) is 20.7. The molecule has 156 valence electrons. The monoisotopic (exact) mass is 404 g/mol. The van der Waals surface area contributed by atoms with E-state index in [1.54, 1.807) is 15.9 Å². The number of urea groups is 1. The van der Waals surface area contributed by atoms with Crippen LogP contribution in [0.25, 0.3) is 5.69 Å². The molecule has 1 atom stereocenters. The van der Waals surface area contributed by atoms with Crippen LogP contribution < -0.4 is 5.32 Å². The van der Waals surface area contributed by atoms with Gasteiger partial charge in [0, 0.05) is 33.2 Å². The lowest BCUT2D eigenvalue weighted by Gasteiger charge is -2.30. The maximum Gasteiger partial charge on any atom is 0.317 e. The third kappa shape index (κ3) is 4.52. The van der Waals surface area contributed by atoms with Crippen LogP contribution in [0.3, 0.4) is 0 Å². The van der Waals surface area contributed by atoms with E-state index >= 15 is 0 Å². The van der Waals surface area contributed by atoms with Crippen molar-refractivity contribution in [3.05, 3.63) is 77.9 Å². The minimum atomic E-state index is -0.0553. The smallest absolute Gasteiger partial charge is 0.317 e. The average Bonchev–Trinajstić information content (AvgIpc) is 3.33. The molecule has 2 amide bonds. The largest absolute Gasteiger partial charge is 0.337 e. The lowest BCUT2D eigenvalue weighted by Crippen LogP contribution is -2.43. The van der Waals surface area contributed by atoms with E-state index in [2.05, 4.69) is 44.6 Å². The molecular formula is C23H28N6O. The Kier molecular flexibility index (Phi) is 6.09. The van der Waals surface area contributed by atoms with Crippen LogP contribution in [-0.4, -0.2) is 57.3 Å². The van der Waals surface area contributed by atoms with Crippen molar-refractivity contribution < 1.29 is 4.79 Å². The van der Waals surface area contributed by atoms with Crippen LogP contribution >= 0.6 is 0 Å². The summed E-state index contributed by atoms with van der Waals surface area (Å²) >= 11 is 0. The van der Waals surface area contributed by atoms with Gasteiger partial charge in [0.2, 0.25) is 0 Å². The standard InChI is InChI=1S/C23H28N6O/c1-18(19-7-9-22(10-8-19)29-17-24-16-26-29)27(2)23(30)25-12-14-28-13-11-20-5-3-4-6-21(20)15-28/h3-10,16-18H,11-15H2,1-2H3,(H,25,30). The van der Waals surface area contributed by atoms with Crippen LogP contribution in [0.15, 0.2) is 61.2 Å². The second-order valence-corrected chi connectivity index (χ2v) is 7.75. The number of fused-ring (bicyclic) bond motifs is 1. The van der Waals surface area contributed by atoms with Crippen molar-refractivity contribution in [2.75, 3.05) is 26.7 Å². The van der Waals surface area contributed by atoms with E-state index in [0.29, 0.717) is 6.54 Å². The first-order valence-corrected chi connectivity index (χ1v) is 10.4. The third-order valence-electron chi connectivity index (χ3n) is 5.87. The Morgan fingerprint density at radius 1 is 1.17 bits per heavy atom. The van der Waals surface area contributed by atoms with Gasteiger partial charge in [-0.25, -0.2) is 14.5 Å². The van der Waals surface area contributed by atoms with Gasteiger partial charge in [-0.1, -0.05) is 36.4 Å². The Labute approximate surface area is 177 Å². The summed E-state index contributed by atoms with van der Waals surface area (Å²) < 4.78 is 1.71. The van der Waals surface area contributed by atoms with Gasteiger partial charge >= 0.3 is 6.03 Å². The Morgan fingerprint density at radius 3 is 2.67 bits per heavy atom. The molecule has 0 fully saturated rings. The number of hydrogen-bond donors (Lipinski definition) is 1. The fourth-order valence-corrected chi connectivity index (χ4v) is 3.84. The zero-order valence-corrected chi connectivity index (χ0v) is 17.5. The second kappa shape index (κ2) is 9.09. The SMILES string of the molecule is CC(c1ccc(-n2cncn2)cc1)N(C)C(=O)NCCN1CCc2ccccc2C1. The summed E-state index contributed by atoms with van der Waals surface area (Å²) in [5, 5.41) is 7.20. The molecule has 4 rings (SSSR count). The molecule has 0 radical (unpaired) electrons. The number of hydrogen-bond acceptors (Lipinski definition) is 4. The van der Waals surface area contributed by atoms with Crippen molar-refractivity contribution in [1.29, 1.82) is 0 Å². The van der Waals surface area contributed by atoms with Crippen molar-refractivity contribution in [3.8, 4) is 5.69 Å². The van der Waals surface area contributed by atoms with Gasteiger partial charge in [-0.2, -0.15) is 5.10 Å². The highest BCUT2D eigenvalue weighted by atomic mass is 16.2. The van der Waals surface area contributed by atoms with Gasteiger partial charge in [0.15, 0.2) is 0 Å². The molecule has 0 bridgehead atoms. The molecule has 0 spiro atoms. The number of carbonyl (C=O) groups excluding carboxylic acids is 1. The molecule has 3 aromatic rings. The van der Waals surface area contributed by atoms with Crippen LogP contribution in [0.4, 0.5) is 4.79 Å². The molecule has 1 aliphatic heterocycles. The topological polar surface area (TPSA) is 66.3 Å². The quantitative estimate of drug-likeness (QED) is 0.686. The Balaban J connectivity index is 1.26. The molecule has 7 heteroatoms. The number of nitrogens with zero attached hydrogens (tertiary/aromatic N) is 5. The predicted octanol–water partition coefficient (Wildman–Crippen LogP) is 3.03. The Hall–Kier alpha value is -3.19. The van der Waals surface area contributed by atoms with Crippen LogP contribution in [0.5, 0.6) is 0 Å². The highest BCUT2D eigenvalue weighted by Gasteiger charge is 2.19. The van der Waals surface area contributed by atoms with Gasteiger partial charge in [0.05, 0.1) is 11.7 Å². The molecular weight excluding hydrogens is 376 g/mol. The summed E-state index contributed by atoms with van der Waals surface area (Å²) in [6.07, 6.45) is 4.25. The zero-order chi connectivity index (χ0) is 20.9. The average molecular weight is 405 g/mol. The van der Waals surface area contributed by atoms with Crippen LogP contribution in [0.2, 0.25) is 0 Å². The van der Waals surface area contributed by atoms with E-state index in [1.807, 2.05) is 38.2 Å². The molecule has 1 aliphatic rings. The Morgan fingerprint density at radius 2 is 1.93 bits per heavy atom. The van der Waals surface area contributed by atoms with Gasteiger partial charge in [0.1, 0.15) is 12.7 Å². The molecule has 1 unspecified atom stereocenters. The predicted molar refractivity (Wildman–Crippen MR) is 116 cm³/mol. The van der Waals surface area contributed by atoms with Crippen LogP contribution in [-0.2, 0) is 13.0 Å². The van der Waals surface area contributed by atoms with E-state index < -0.39 is 0 Å². The summed E-state index contributed by atoms with van der Waals surface area (Å²) in [5.74, 6) is 0. The molecule has 0 saturated carbocycles. The van der Waals surface area contributed by atoms with Crippen molar-refractivity contribution in [1.82, 2.24) is 29.9 Å². The number of rotatable bonds is 6. The summed E-state index contributed by atoms with van der Waals surface area (Å²) in [7, 11) is 1.84. The second-order valence-electron chi connectivity index (χ2n) is 7.75. The third-order valence-corrected chi connectivity index (χ3v) is 5.87. The van der Waals surface area contributed by atoms with Crippen LogP contribution in [0, 0.1) is 0 Å². The minimum absolute atomic E-state index is 0.0309. The van der Waals surface area contributed by atoms with Gasteiger partial charge in [-0.15, -0.1) is 0 Å². The maximum atomic E-state index is 12.6. The zero-order valence-electron chi connectivity index (χ0n) is 17.5. The lowest BCUT2D eigenvalue weighted by molar-refractivity contribution is 0.190. The first-order valence-electron chi connectivity index (χ1n) is 10.4. The van der Waals surface area contributed by atoms with E-state index in [-0.39, 0.29) is 12.1 Å². The normalized spacial score (nSPS) is 14.7.